The maximum atomic E-state index is 5.46. The first-order valence-electron chi connectivity index (χ1n) is 18.0. The van der Waals surface area contributed by atoms with E-state index in [9.17, 15) is 0 Å². The molecule has 3 aromatic heterocycles. The predicted molar refractivity (Wildman–Crippen MR) is 183 cm³/mol. The van der Waals surface area contributed by atoms with E-state index in [1.54, 1.807) is 22.3 Å². The number of nitrogens with one attached hydrogen (secondary N) is 2. The minimum atomic E-state index is 1.14. The first kappa shape index (κ1) is 27.0. The van der Waals surface area contributed by atoms with E-state index in [0.29, 0.717) is 0 Å². The Balaban J connectivity index is 1.40. The average molecular weight is 583 g/mol. The molecule has 226 valence electrons. The summed E-state index contributed by atoms with van der Waals surface area (Å²) in [5, 5.41) is 0. The maximum absolute atomic E-state index is 5.46. The Bertz CT molecular complexity index is 1740. The molecule has 0 saturated carbocycles. The second-order valence-electron chi connectivity index (χ2n) is 14.3. The molecule has 4 aliphatic carbocycles. The molecule has 4 nitrogen and oxygen atoms in total. The third kappa shape index (κ3) is 4.63. The van der Waals surface area contributed by atoms with Crippen molar-refractivity contribution >= 4 is 44.4 Å². The van der Waals surface area contributed by atoms with E-state index in [4.69, 9.17) is 9.97 Å². The molecule has 9 rings (SSSR count). The molecule has 0 unspecified atom stereocenters. The molecule has 0 atom stereocenters. The maximum Gasteiger partial charge on any atom is 0.0694 e. The number of hydrogen-bond acceptors (Lipinski definition) is 2. The van der Waals surface area contributed by atoms with Crippen molar-refractivity contribution in [2.45, 2.75) is 128 Å². The molecule has 0 spiro atoms. The summed E-state index contributed by atoms with van der Waals surface area (Å²) in [6.45, 7) is 0. The largest absolute Gasteiger partial charge is 0.355 e. The summed E-state index contributed by atoms with van der Waals surface area (Å²) in [5.41, 5.74) is 22.3. The zero-order valence-electron chi connectivity index (χ0n) is 26.3. The number of allylic oxidation sites excluding steroid dienone is 4. The quantitative estimate of drug-likeness (QED) is 0.259. The molecule has 8 bridgehead atoms. The van der Waals surface area contributed by atoms with Crippen molar-refractivity contribution in [2.75, 3.05) is 0 Å². The van der Waals surface area contributed by atoms with Crippen molar-refractivity contribution < 1.29 is 0 Å². The van der Waals surface area contributed by atoms with Gasteiger partial charge >= 0.3 is 0 Å². The molecule has 3 aromatic rings. The lowest BCUT2D eigenvalue weighted by molar-refractivity contribution is 0.711. The molecule has 5 heterocycles. The van der Waals surface area contributed by atoms with Crippen LogP contribution in [0.4, 0.5) is 0 Å². The van der Waals surface area contributed by atoms with Crippen LogP contribution in [0.5, 0.6) is 0 Å². The third-order valence-electron chi connectivity index (χ3n) is 11.6. The van der Waals surface area contributed by atoms with Crippen LogP contribution < -0.4 is 0 Å². The fourth-order valence-corrected chi connectivity index (χ4v) is 9.29. The third-order valence-corrected chi connectivity index (χ3v) is 11.6. The van der Waals surface area contributed by atoms with Gasteiger partial charge in [0.15, 0.2) is 0 Å². The highest BCUT2D eigenvalue weighted by Gasteiger charge is 2.26. The van der Waals surface area contributed by atoms with Gasteiger partial charge in [0, 0.05) is 22.1 Å². The van der Waals surface area contributed by atoms with Crippen molar-refractivity contribution in [3.8, 4) is 0 Å². The van der Waals surface area contributed by atoms with Crippen LogP contribution in [-0.2, 0) is 25.7 Å². The zero-order chi connectivity index (χ0) is 29.0. The molecule has 2 N–H and O–H groups in total. The fourth-order valence-electron chi connectivity index (χ4n) is 9.29. The predicted octanol–water partition coefficient (Wildman–Crippen LogP) is 10.6. The van der Waals surface area contributed by atoms with Crippen molar-refractivity contribution in [1.29, 1.82) is 0 Å². The lowest BCUT2D eigenvalue weighted by Crippen LogP contribution is -1.88. The van der Waals surface area contributed by atoms with E-state index in [1.165, 1.54) is 170 Å². The van der Waals surface area contributed by atoms with Gasteiger partial charge in [0.25, 0.3) is 0 Å². The molecule has 0 amide bonds. The van der Waals surface area contributed by atoms with E-state index in [1.807, 2.05) is 0 Å². The summed E-state index contributed by atoms with van der Waals surface area (Å²) in [5.74, 6) is 0. The smallest absolute Gasteiger partial charge is 0.0694 e. The summed E-state index contributed by atoms with van der Waals surface area (Å²) >= 11 is 0. The Kier molecular flexibility index (Phi) is 6.86. The van der Waals surface area contributed by atoms with Crippen molar-refractivity contribution in [2.24, 2.45) is 0 Å². The Hall–Kier alpha value is -3.40. The molecule has 0 aromatic carbocycles. The molecular weight excluding hydrogens is 536 g/mol. The van der Waals surface area contributed by atoms with Gasteiger partial charge in [0.2, 0.25) is 0 Å². The summed E-state index contributed by atoms with van der Waals surface area (Å²) in [4.78, 5) is 18.9. The van der Waals surface area contributed by atoms with E-state index < -0.39 is 0 Å². The average Bonchev–Trinajstić information content (AvgIpc) is 3.41. The van der Waals surface area contributed by atoms with Crippen molar-refractivity contribution in [1.82, 2.24) is 19.9 Å². The molecular formula is C40H46N4. The van der Waals surface area contributed by atoms with E-state index in [2.05, 4.69) is 34.2 Å². The van der Waals surface area contributed by atoms with Crippen LogP contribution in [-0.4, -0.2) is 19.9 Å². The number of fused-ring (bicyclic) bond motifs is 18. The molecule has 6 aliphatic rings. The number of hydrogen-bond donors (Lipinski definition) is 2. The molecule has 2 aliphatic heterocycles. The van der Waals surface area contributed by atoms with Gasteiger partial charge in [-0.2, -0.15) is 0 Å². The standard InChI is InChI=1S/C40H46N4/c1-5-13-25-26(14-6-1)34-22-36-28-16-8-3-10-18-30(28)38(43-36)24-40-32-20-12-4-11-19-31(32)39(44-40)23-37-29-17-9-2-7-15-27(29)35(42-37)21-33(25)41-34/h21-24,41-42H,1-20H2. The topological polar surface area (TPSA) is 57.4 Å². The molecule has 44 heavy (non-hydrogen) atoms. The number of aromatic nitrogens is 4. The van der Waals surface area contributed by atoms with E-state index in [0.717, 1.165) is 25.7 Å². The van der Waals surface area contributed by atoms with Gasteiger partial charge in [-0.1, -0.05) is 25.7 Å². The van der Waals surface area contributed by atoms with Crippen LogP contribution in [0.1, 0.15) is 148 Å². The summed E-state index contributed by atoms with van der Waals surface area (Å²) < 4.78 is 0. The molecule has 4 heteroatoms. The highest BCUT2D eigenvalue weighted by atomic mass is 14.8. The van der Waals surface area contributed by atoms with Crippen LogP contribution in [0.15, 0.2) is 24.3 Å². The van der Waals surface area contributed by atoms with Gasteiger partial charge in [-0.15, -0.1) is 0 Å². The first-order valence-corrected chi connectivity index (χ1v) is 18.0. The van der Waals surface area contributed by atoms with Gasteiger partial charge in [0.05, 0.1) is 22.8 Å². The molecule has 0 fully saturated rings. The van der Waals surface area contributed by atoms with Crippen molar-refractivity contribution in [3.05, 3.63) is 69.3 Å². The van der Waals surface area contributed by atoms with Crippen LogP contribution in [0.25, 0.3) is 44.4 Å². The lowest BCUT2D eigenvalue weighted by Gasteiger charge is -2.04. The van der Waals surface area contributed by atoms with Crippen molar-refractivity contribution in [3.63, 3.8) is 0 Å². The zero-order valence-corrected chi connectivity index (χ0v) is 26.3. The highest BCUT2D eigenvalue weighted by molar-refractivity contribution is 5.96. The number of rotatable bonds is 0. The summed E-state index contributed by atoms with van der Waals surface area (Å²) in [6, 6.07) is 9.75. The van der Waals surface area contributed by atoms with E-state index >= 15 is 0 Å². The van der Waals surface area contributed by atoms with Gasteiger partial charge in [0.1, 0.15) is 0 Å². The fraction of sp³-hybridized carbons (Fsp3) is 0.500. The second kappa shape index (κ2) is 11.2. The Morgan fingerprint density at radius 2 is 0.614 bits per heavy atom. The highest BCUT2D eigenvalue weighted by Crippen LogP contribution is 2.44. The van der Waals surface area contributed by atoms with Gasteiger partial charge in [-0.25, -0.2) is 9.97 Å². The van der Waals surface area contributed by atoms with Crippen LogP contribution in [0.2, 0.25) is 0 Å². The van der Waals surface area contributed by atoms with Gasteiger partial charge < -0.3 is 9.97 Å². The number of aryl methyl sites for hydroxylation is 4. The lowest BCUT2D eigenvalue weighted by atomic mass is 9.97. The summed E-state index contributed by atoms with van der Waals surface area (Å²) in [6.07, 6.45) is 24.7. The van der Waals surface area contributed by atoms with Gasteiger partial charge in [-0.05, 0) is 172 Å². The number of nitrogens with zero attached hydrogens (tertiary/aromatic N) is 2. The normalized spacial score (nSPS) is 20.5. The van der Waals surface area contributed by atoms with Crippen LogP contribution in [0, 0.1) is 0 Å². The van der Waals surface area contributed by atoms with Crippen LogP contribution in [0.3, 0.4) is 0 Å². The Morgan fingerprint density at radius 3 is 0.977 bits per heavy atom. The monoisotopic (exact) mass is 582 g/mol. The minimum absolute atomic E-state index is 1.14. The number of aromatic amines is 2. The van der Waals surface area contributed by atoms with Crippen LogP contribution >= 0.6 is 0 Å². The summed E-state index contributed by atoms with van der Waals surface area (Å²) in [7, 11) is 0. The minimum Gasteiger partial charge on any atom is -0.355 e. The molecule has 0 saturated heterocycles. The first-order chi connectivity index (χ1) is 21.8. The SMILES string of the molecule is c1c2nc(cc3[nH]c(cc4[nH]c(cc5nc1C1=C5CCCCC1)c1c4CCCCC1)c1c3CCCCC1)C1=C2CCCCC1. The van der Waals surface area contributed by atoms with Gasteiger partial charge in [-0.3, -0.25) is 0 Å². The van der Waals surface area contributed by atoms with E-state index in [-0.39, 0.29) is 0 Å². The number of H-pyrrole nitrogens is 2. The second-order valence-corrected chi connectivity index (χ2v) is 14.3. The Labute approximate surface area is 261 Å². The Morgan fingerprint density at radius 1 is 0.318 bits per heavy atom. The molecule has 0 radical (unpaired) electrons.